The fourth-order valence-corrected chi connectivity index (χ4v) is 7.15. The van der Waals surface area contributed by atoms with Gasteiger partial charge in [-0.2, -0.15) is 0 Å². The molecule has 0 fully saturated rings. The summed E-state index contributed by atoms with van der Waals surface area (Å²) in [5.74, 6) is -1.15. The molecule has 0 spiro atoms. The van der Waals surface area contributed by atoms with E-state index >= 15 is 0 Å². The van der Waals surface area contributed by atoms with Crippen LogP contribution >= 0.6 is 0 Å². The number of rotatable bonds is 2. The van der Waals surface area contributed by atoms with E-state index in [1.165, 1.54) is 12.1 Å². The molecule has 0 saturated carbocycles. The normalized spacial score (nSPS) is 17.7. The zero-order chi connectivity index (χ0) is 20.2. The fraction of sp³-hybridized carbons (Fsp3) is 0.136. The van der Waals surface area contributed by atoms with Crippen LogP contribution in [0.15, 0.2) is 65.1 Å². The molecule has 2 aromatic rings. The number of fused-ring (bicyclic) bond motifs is 2. The van der Waals surface area contributed by atoms with Gasteiger partial charge in [-0.3, -0.25) is 5.41 Å². The number of aliphatic hydroxyl groups is 1. The van der Waals surface area contributed by atoms with Crippen LogP contribution in [0.3, 0.4) is 0 Å². The summed E-state index contributed by atoms with van der Waals surface area (Å²) >= 11 is 0. The summed E-state index contributed by atoms with van der Waals surface area (Å²) in [6, 6.07) is 10.4. The summed E-state index contributed by atoms with van der Waals surface area (Å²) in [4.78, 5) is 0. The average molecular weight is 394 g/mol. The Labute approximate surface area is 163 Å². The largest absolute Gasteiger partial charge is 0.396 e. The molecule has 2 aliphatic rings. The maximum Gasteiger partial charge on any atom is 0.148 e. The highest BCUT2D eigenvalue weighted by atomic mass is 28.3. The monoisotopic (exact) mass is 394 g/mol. The molecule has 0 amide bonds. The minimum atomic E-state index is -2.36. The third-order valence-corrected chi connectivity index (χ3v) is 9.11. The van der Waals surface area contributed by atoms with Gasteiger partial charge in [0.1, 0.15) is 19.7 Å². The van der Waals surface area contributed by atoms with Crippen LogP contribution in [-0.4, -0.2) is 18.9 Å². The van der Waals surface area contributed by atoms with Crippen LogP contribution in [0.25, 0.3) is 5.57 Å². The Balaban J connectivity index is 2.18. The van der Waals surface area contributed by atoms with Crippen LogP contribution < -0.4 is 10.9 Å². The van der Waals surface area contributed by atoms with Crippen molar-refractivity contribution in [3.05, 3.63) is 87.7 Å². The number of aliphatic hydroxyl groups excluding tert-OH is 1. The molecular formula is C22H20F2N2OSi. The minimum Gasteiger partial charge on any atom is -0.396 e. The molecule has 28 heavy (non-hydrogen) atoms. The van der Waals surface area contributed by atoms with E-state index in [2.05, 4.69) is 13.1 Å². The third-order valence-electron chi connectivity index (χ3n) is 5.59. The summed E-state index contributed by atoms with van der Waals surface area (Å²) in [6.45, 7) is 3.99. The molecule has 0 bridgehead atoms. The molecule has 3 nitrogen and oxygen atoms in total. The van der Waals surface area contributed by atoms with Gasteiger partial charge < -0.3 is 10.8 Å². The van der Waals surface area contributed by atoms with Gasteiger partial charge in [0, 0.05) is 0 Å². The van der Waals surface area contributed by atoms with Gasteiger partial charge in [0.15, 0.2) is 0 Å². The number of nitrogen functional groups attached to an aromatic ring is 1. The van der Waals surface area contributed by atoms with Crippen molar-refractivity contribution in [2.24, 2.45) is 0 Å². The van der Waals surface area contributed by atoms with Crippen molar-refractivity contribution >= 4 is 30.2 Å². The lowest BCUT2D eigenvalue weighted by Gasteiger charge is -2.38. The lowest BCUT2D eigenvalue weighted by atomic mass is 9.87. The summed E-state index contributed by atoms with van der Waals surface area (Å²) in [7, 11) is -2.36. The zero-order valence-electron chi connectivity index (χ0n) is 15.6. The first-order valence-corrected chi connectivity index (χ1v) is 12.0. The molecule has 4 N–H and O–H groups in total. The maximum absolute atomic E-state index is 14.5. The molecule has 0 aromatic heterocycles. The lowest BCUT2D eigenvalue weighted by molar-refractivity contribution is 0.281. The number of anilines is 1. The minimum absolute atomic E-state index is 0.0748. The van der Waals surface area contributed by atoms with Crippen LogP contribution in [0.5, 0.6) is 0 Å². The van der Waals surface area contributed by atoms with E-state index in [0.717, 1.165) is 15.9 Å². The van der Waals surface area contributed by atoms with E-state index in [0.29, 0.717) is 22.3 Å². The van der Waals surface area contributed by atoms with E-state index in [4.69, 9.17) is 11.1 Å². The highest BCUT2D eigenvalue weighted by Gasteiger charge is 2.41. The number of benzene rings is 2. The van der Waals surface area contributed by atoms with Crippen molar-refractivity contribution in [2.45, 2.75) is 19.7 Å². The highest BCUT2D eigenvalue weighted by molar-refractivity contribution is 6.98. The van der Waals surface area contributed by atoms with Crippen LogP contribution in [0.4, 0.5) is 14.5 Å². The number of halogens is 2. The van der Waals surface area contributed by atoms with Gasteiger partial charge in [0.05, 0.1) is 18.0 Å². The fourth-order valence-electron chi connectivity index (χ4n) is 4.09. The Morgan fingerprint density at radius 2 is 1.79 bits per heavy atom. The van der Waals surface area contributed by atoms with Crippen LogP contribution in [0.2, 0.25) is 13.1 Å². The van der Waals surface area contributed by atoms with Crippen LogP contribution in [0, 0.1) is 11.2 Å². The van der Waals surface area contributed by atoms with Gasteiger partial charge in [-0.1, -0.05) is 37.4 Å². The quantitative estimate of drug-likeness (QED) is 0.533. The van der Waals surface area contributed by atoms with Gasteiger partial charge >= 0.3 is 0 Å². The van der Waals surface area contributed by atoms with E-state index in [9.17, 15) is 13.9 Å². The van der Waals surface area contributed by atoms with Crippen LogP contribution in [0.1, 0.15) is 16.7 Å². The molecule has 6 heteroatoms. The number of nitrogens with one attached hydrogen (secondary N) is 1. The molecule has 2 aromatic carbocycles. The SMILES string of the molecule is C[Si]1(C)C2=CC(=N)C(F)=CC2=C(c2ccccc2CO)c2cc(F)c(N)cc21. The van der Waals surface area contributed by atoms with E-state index < -0.39 is 19.7 Å². The van der Waals surface area contributed by atoms with E-state index in [1.54, 1.807) is 18.2 Å². The molecule has 0 unspecified atom stereocenters. The Bertz CT molecular complexity index is 1130. The molecule has 4 rings (SSSR count). The van der Waals surface area contributed by atoms with Crippen molar-refractivity contribution in [3.8, 4) is 0 Å². The zero-order valence-corrected chi connectivity index (χ0v) is 16.6. The predicted octanol–water partition coefficient (Wildman–Crippen LogP) is 3.98. The first kappa shape index (κ1) is 18.5. The summed E-state index contributed by atoms with van der Waals surface area (Å²) in [5, 5.41) is 19.6. The van der Waals surface area contributed by atoms with Gasteiger partial charge in [-0.05, 0) is 62.5 Å². The highest BCUT2D eigenvalue weighted by Crippen LogP contribution is 2.43. The summed E-state index contributed by atoms with van der Waals surface area (Å²) < 4.78 is 28.9. The van der Waals surface area contributed by atoms with E-state index in [1.807, 2.05) is 18.2 Å². The smallest absolute Gasteiger partial charge is 0.148 e. The molecular weight excluding hydrogens is 374 g/mol. The molecule has 0 atom stereocenters. The second-order valence-electron chi connectivity index (χ2n) is 7.61. The Morgan fingerprint density at radius 3 is 2.50 bits per heavy atom. The maximum atomic E-state index is 14.5. The molecule has 142 valence electrons. The first-order chi connectivity index (χ1) is 13.3. The van der Waals surface area contributed by atoms with E-state index in [-0.39, 0.29) is 18.0 Å². The van der Waals surface area contributed by atoms with Crippen molar-refractivity contribution in [1.82, 2.24) is 0 Å². The Kier molecular flexibility index (Phi) is 4.21. The van der Waals surface area contributed by atoms with Gasteiger partial charge in [-0.25, -0.2) is 8.78 Å². The van der Waals surface area contributed by atoms with Crippen molar-refractivity contribution in [1.29, 1.82) is 5.41 Å². The Hall–Kier alpha value is -2.83. The first-order valence-electron chi connectivity index (χ1n) is 8.97. The summed E-state index contributed by atoms with van der Waals surface area (Å²) in [6.07, 6.45) is 2.95. The Morgan fingerprint density at radius 1 is 1.07 bits per heavy atom. The molecule has 0 radical (unpaired) electrons. The third kappa shape index (κ3) is 2.60. The van der Waals surface area contributed by atoms with Crippen molar-refractivity contribution in [3.63, 3.8) is 0 Å². The van der Waals surface area contributed by atoms with Gasteiger partial charge in [0.2, 0.25) is 0 Å². The molecule has 1 aliphatic heterocycles. The van der Waals surface area contributed by atoms with Gasteiger partial charge in [0.25, 0.3) is 0 Å². The topological polar surface area (TPSA) is 70.1 Å². The predicted molar refractivity (Wildman–Crippen MR) is 111 cm³/mol. The average Bonchev–Trinajstić information content (AvgIpc) is 2.66. The standard InChI is InChI=1S/C22H20F2N2OSi/c1-28(2)20-9-18(25)16(23)7-14(20)22(13-6-4-3-5-12(13)11-27)15-8-17(24)19(26)10-21(15)28/h3-10,25,27H,11,26H2,1-2H3. The molecule has 0 saturated heterocycles. The second kappa shape index (κ2) is 6.36. The second-order valence-corrected chi connectivity index (χ2v) is 11.9. The number of nitrogens with two attached hydrogens (primary N) is 1. The number of allylic oxidation sites excluding steroid dienone is 5. The molecule has 1 aliphatic carbocycles. The van der Waals surface area contributed by atoms with Crippen LogP contribution in [-0.2, 0) is 6.61 Å². The lowest BCUT2D eigenvalue weighted by Crippen LogP contribution is -2.49. The molecule has 1 heterocycles. The number of hydrogen-bond acceptors (Lipinski definition) is 3. The van der Waals surface area contributed by atoms with Crippen molar-refractivity contribution in [2.75, 3.05) is 5.73 Å². The summed E-state index contributed by atoms with van der Waals surface area (Å²) in [5.41, 5.74) is 9.18. The number of hydrogen-bond donors (Lipinski definition) is 3. The van der Waals surface area contributed by atoms with Gasteiger partial charge in [-0.15, -0.1) is 0 Å². The van der Waals surface area contributed by atoms with Crippen molar-refractivity contribution < 1.29 is 13.9 Å².